The van der Waals surface area contributed by atoms with E-state index in [2.05, 4.69) is 15.5 Å². The van der Waals surface area contributed by atoms with Crippen LogP contribution in [0.1, 0.15) is 58.4 Å². The van der Waals surface area contributed by atoms with Gasteiger partial charge in [-0.25, -0.2) is 9.18 Å². The molecule has 1 saturated carbocycles. The molecule has 0 radical (unpaired) electrons. The van der Waals surface area contributed by atoms with E-state index in [0.29, 0.717) is 31.0 Å². The normalized spacial score (nSPS) is 20.3. The summed E-state index contributed by atoms with van der Waals surface area (Å²) in [4.78, 5) is 26.7. The van der Waals surface area contributed by atoms with Gasteiger partial charge in [-0.3, -0.25) is 9.69 Å². The van der Waals surface area contributed by atoms with Gasteiger partial charge in [-0.1, -0.05) is 18.2 Å². The topological polar surface area (TPSA) is 70.7 Å². The molecule has 2 N–H and O–H groups in total. The molecule has 6 nitrogen and oxygen atoms in total. The third-order valence-electron chi connectivity index (χ3n) is 5.87. The van der Waals surface area contributed by atoms with Crippen LogP contribution in [0.5, 0.6) is 0 Å². The van der Waals surface area contributed by atoms with E-state index in [-0.39, 0.29) is 23.7 Å². The SMILES string of the molecule is CC(C)(C)OC(=O)N[C@@H](CCN1CCC[C@H]1CNC(=O)C1CC1)Cc1ccccc1F. The van der Waals surface area contributed by atoms with Gasteiger partial charge in [0.1, 0.15) is 11.4 Å². The highest BCUT2D eigenvalue weighted by molar-refractivity contribution is 5.80. The molecule has 3 rings (SSSR count). The summed E-state index contributed by atoms with van der Waals surface area (Å²) in [5.41, 5.74) is -0.00914. The first-order chi connectivity index (χ1) is 14.7. The number of nitrogens with one attached hydrogen (secondary N) is 2. The number of carbonyl (C=O) groups is 2. The van der Waals surface area contributed by atoms with Crippen molar-refractivity contribution in [1.29, 1.82) is 0 Å². The van der Waals surface area contributed by atoms with Gasteiger partial charge in [0, 0.05) is 31.1 Å². The summed E-state index contributed by atoms with van der Waals surface area (Å²) >= 11 is 0. The lowest BCUT2D eigenvalue weighted by Gasteiger charge is -2.28. The minimum Gasteiger partial charge on any atom is -0.444 e. The Bertz CT molecular complexity index is 761. The second-order valence-corrected chi connectivity index (χ2v) is 9.78. The lowest BCUT2D eigenvalue weighted by Crippen LogP contribution is -2.44. The zero-order chi connectivity index (χ0) is 22.4. The predicted molar refractivity (Wildman–Crippen MR) is 118 cm³/mol. The van der Waals surface area contributed by atoms with Gasteiger partial charge in [0.15, 0.2) is 0 Å². The Balaban J connectivity index is 1.56. The summed E-state index contributed by atoms with van der Waals surface area (Å²) in [7, 11) is 0. The summed E-state index contributed by atoms with van der Waals surface area (Å²) in [5.74, 6) is 0.134. The van der Waals surface area contributed by atoms with Gasteiger partial charge in [-0.2, -0.15) is 0 Å². The molecule has 2 amide bonds. The number of halogens is 1. The van der Waals surface area contributed by atoms with Crippen molar-refractivity contribution in [3.8, 4) is 0 Å². The molecule has 7 heteroatoms. The number of ether oxygens (including phenoxy) is 1. The molecule has 1 aliphatic carbocycles. The molecule has 2 atom stereocenters. The highest BCUT2D eigenvalue weighted by Gasteiger charge is 2.31. The average Bonchev–Trinajstić information content (AvgIpc) is 3.44. The standard InChI is InChI=1S/C24H36FN3O3/c1-24(2,3)31-23(30)27-19(15-18-7-4-5-9-21(18)25)12-14-28-13-6-8-20(28)16-26-22(29)17-10-11-17/h4-5,7,9,17,19-20H,6,8,10-16H2,1-3H3,(H,26,29)(H,27,30)/t19-,20-/m0/s1. The Morgan fingerprint density at radius 3 is 2.65 bits per heavy atom. The number of rotatable bonds is 9. The van der Waals surface area contributed by atoms with Crippen LogP contribution >= 0.6 is 0 Å². The molecular formula is C24H36FN3O3. The molecule has 0 bridgehead atoms. The smallest absolute Gasteiger partial charge is 0.407 e. The van der Waals surface area contributed by atoms with Gasteiger partial charge >= 0.3 is 6.09 Å². The summed E-state index contributed by atoms with van der Waals surface area (Å²) in [6.45, 7) is 7.89. The quantitative estimate of drug-likeness (QED) is 0.624. The first kappa shape index (κ1) is 23.5. The molecular weight excluding hydrogens is 397 g/mol. The number of carbonyl (C=O) groups excluding carboxylic acids is 2. The van der Waals surface area contributed by atoms with Crippen LogP contribution < -0.4 is 10.6 Å². The Morgan fingerprint density at radius 2 is 1.97 bits per heavy atom. The highest BCUT2D eigenvalue weighted by Crippen LogP contribution is 2.29. The molecule has 172 valence electrons. The van der Waals surface area contributed by atoms with Crippen LogP contribution in [0.4, 0.5) is 9.18 Å². The van der Waals surface area contributed by atoms with Crippen molar-refractivity contribution in [2.75, 3.05) is 19.6 Å². The second-order valence-electron chi connectivity index (χ2n) is 9.78. The van der Waals surface area contributed by atoms with Crippen molar-refractivity contribution in [1.82, 2.24) is 15.5 Å². The largest absolute Gasteiger partial charge is 0.444 e. The number of amides is 2. The maximum Gasteiger partial charge on any atom is 0.407 e. The number of nitrogens with zero attached hydrogens (tertiary/aromatic N) is 1. The van der Waals surface area contributed by atoms with Crippen LogP contribution in [-0.2, 0) is 16.0 Å². The number of hydrogen-bond donors (Lipinski definition) is 2. The molecule has 1 aliphatic heterocycles. The predicted octanol–water partition coefficient (Wildman–Crippen LogP) is 3.64. The van der Waals surface area contributed by atoms with E-state index in [1.165, 1.54) is 6.07 Å². The van der Waals surface area contributed by atoms with Gasteiger partial charge in [-0.15, -0.1) is 0 Å². The van der Waals surface area contributed by atoms with Crippen molar-refractivity contribution in [3.63, 3.8) is 0 Å². The van der Waals surface area contributed by atoms with Crippen molar-refractivity contribution >= 4 is 12.0 Å². The van der Waals surface area contributed by atoms with Crippen LogP contribution in [0, 0.1) is 11.7 Å². The fraction of sp³-hybridized carbons (Fsp3) is 0.667. The number of benzene rings is 1. The molecule has 2 aliphatic rings. The van der Waals surface area contributed by atoms with Crippen LogP contribution in [0.3, 0.4) is 0 Å². The number of likely N-dealkylation sites (tertiary alicyclic amines) is 1. The Labute approximate surface area is 184 Å². The fourth-order valence-electron chi connectivity index (χ4n) is 4.08. The molecule has 0 unspecified atom stereocenters. The van der Waals surface area contributed by atoms with E-state index < -0.39 is 11.7 Å². The van der Waals surface area contributed by atoms with Gasteiger partial charge in [-0.05, 0) is 77.5 Å². The van der Waals surface area contributed by atoms with Crippen LogP contribution in [0.25, 0.3) is 0 Å². The van der Waals surface area contributed by atoms with Crippen LogP contribution in [-0.4, -0.2) is 54.2 Å². The van der Waals surface area contributed by atoms with Crippen molar-refractivity contribution in [2.45, 2.75) is 77.0 Å². The first-order valence-corrected chi connectivity index (χ1v) is 11.5. The van der Waals surface area contributed by atoms with Gasteiger partial charge in [0.2, 0.25) is 5.91 Å². The maximum absolute atomic E-state index is 14.2. The minimum absolute atomic E-state index is 0.177. The molecule has 31 heavy (non-hydrogen) atoms. The lowest BCUT2D eigenvalue weighted by molar-refractivity contribution is -0.122. The van der Waals surface area contributed by atoms with Gasteiger partial charge in [0.05, 0.1) is 0 Å². The summed E-state index contributed by atoms with van der Waals surface area (Å²) in [6.07, 6.45) is 4.78. The molecule has 0 spiro atoms. The van der Waals surface area contributed by atoms with Crippen molar-refractivity contribution in [3.05, 3.63) is 35.6 Å². The Kier molecular flexibility index (Phi) is 7.92. The second kappa shape index (κ2) is 10.4. The van der Waals surface area contributed by atoms with Crippen molar-refractivity contribution in [2.24, 2.45) is 5.92 Å². The van der Waals surface area contributed by atoms with Crippen LogP contribution in [0.2, 0.25) is 0 Å². The van der Waals surface area contributed by atoms with Crippen molar-refractivity contribution < 1.29 is 18.7 Å². The third kappa shape index (κ3) is 7.80. The van der Waals surface area contributed by atoms with Crippen LogP contribution in [0.15, 0.2) is 24.3 Å². The van der Waals surface area contributed by atoms with E-state index >= 15 is 0 Å². The number of alkyl carbamates (subject to hydrolysis) is 1. The average molecular weight is 434 g/mol. The summed E-state index contributed by atoms with van der Waals surface area (Å²) in [6, 6.07) is 6.75. The summed E-state index contributed by atoms with van der Waals surface area (Å²) in [5, 5.41) is 6.03. The molecule has 1 aromatic rings. The molecule has 1 aromatic carbocycles. The van der Waals surface area contributed by atoms with E-state index in [1.54, 1.807) is 12.1 Å². The molecule has 1 heterocycles. The summed E-state index contributed by atoms with van der Waals surface area (Å²) < 4.78 is 19.6. The fourth-order valence-corrected chi connectivity index (χ4v) is 4.08. The zero-order valence-electron chi connectivity index (χ0n) is 19.0. The Hall–Kier alpha value is -2.15. The first-order valence-electron chi connectivity index (χ1n) is 11.5. The van der Waals surface area contributed by atoms with E-state index in [9.17, 15) is 14.0 Å². The molecule has 0 aromatic heterocycles. The molecule has 2 fully saturated rings. The van der Waals surface area contributed by atoms with E-state index in [1.807, 2.05) is 26.8 Å². The lowest BCUT2D eigenvalue weighted by atomic mass is 10.0. The Morgan fingerprint density at radius 1 is 1.23 bits per heavy atom. The third-order valence-corrected chi connectivity index (χ3v) is 5.87. The van der Waals surface area contributed by atoms with E-state index in [4.69, 9.17) is 4.74 Å². The number of hydrogen-bond acceptors (Lipinski definition) is 4. The van der Waals surface area contributed by atoms with Gasteiger partial charge < -0.3 is 15.4 Å². The van der Waals surface area contributed by atoms with E-state index in [0.717, 1.165) is 38.8 Å². The maximum atomic E-state index is 14.2. The zero-order valence-corrected chi connectivity index (χ0v) is 19.0. The van der Waals surface area contributed by atoms with Gasteiger partial charge in [0.25, 0.3) is 0 Å². The molecule has 1 saturated heterocycles. The minimum atomic E-state index is -0.591. The monoisotopic (exact) mass is 433 g/mol. The highest BCUT2D eigenvalue weighted by atomic mass is 19.1.